The number of anilines is 1. The van der Waals surface area contributed by atoms with Crippen molar-refractivity contribution in [3.8, 4) is 6.07 Å². The highest BCUT2D eigenvalue weighted by Gasteiger charge is 2.12. The van der Waals surface area contributed by atoms with Crippen LogP contribution in [-0.2, 0) is 4.79 Å². The van der Waals surface area contributed by atoms with Crippen molar-refractivity contribution in [1.82, 2.24) is 0 Å². The molecule has 0 aliphatic heterocycles. The zero-order valence-corrected chi connectivity index (χ0v) is 12.1. The van der Waals surface area contributed by atoms with E-state index in [4.69, 9.17) is 5.26 Å². The van der Waals surface area contributed by atoms with Crippen molar-refractivity contribution in [3.05, 3.63) is 57.3 Å². The normalized spacial score (nSPS) is 10.9. The maximum atomic E-state index is 12.2. The number of benzene rings is 1. The molecule has 0 atom stereocenters. The van der Waals surface area contributed by atoms with Crippen LogP contribution in [0.5, 0.6) is 0 Å². The number of carbonyl (C=O) groups is 1. The summed E-state index contributed by atoms with van der Waals surface area (Å²) in [6, 6.07) is 9.62. The van der Waals surface area contributed by atoms with Crippen LogP contribution < -0.4 is 5.32 Å². The Morgan fingerprint density at radius 2 is 2.00 bits per heavy atom. The van der Waals surface area contributed by atoms with E-state index in [9.17, 15) is 4.79 Å². The minimum atomic E-state index is -0.379. The standard InChI is InChI=1S/C16H14N2OS/c1-11-4-3-5-12(2)15(11)18-16(19)14(9-17)8-13-6-7-20-10-13/h3-8,10H,1-2H3,(H,18,19). The largest absolute Gasteiger partial charge is 0.321 e. The van der Waals surface area contributed by atoms with Crippen molar-refractivity contribution in [1.29, 1.82) is 5.26 Å². The summed E-state index contributed by atoms with van der Waals surface area (Å²) in [6.45, 7) is 3.86. The third-order valence-corrected chi connectivity index (χ3v) is 3.64. The smallest absolute Gasteiger partial charge is 0.266 e. The minimum absolute atomic E-state index is 0.103. The molecule has 0 unspecified atom stereocenters. The van der Waals surface area contributed by atoms with Crippen LogP contribution in [0.25, 0.3) is 6.08 Å². The first-order valence-corrected chi connectivity index (χ1v) is 7.07. The molecule has 0 aliphatic rings. The molecule has 0 spiro atoms. The van der Waals surface area contributed by atoms with Crippen molar-refractivity contribution in [2.24, 2.45) is 0 Å². The third-order valence-electron chi connectivity index (χ3n) is 2.94. The molecule has 3 nitrogen and oxygen atoms in total. The quantitative estimate of drug-likeness (QED) is 0.685. The van der Waals surface area contributed by atoms with Gasteiger partial charge in [-0.05, 0) is 53.4 Å². The molecule has 1 aromatic heterocycles. The highest BCUT2D eigenvalue weighted by molar-refractivity contribution is 7.08. The Morgan fingerprint density at radius 3 is 2.55 bits per heavy atom. The minimum Gasteiger partial charge on any atom is -0.321 e. The number of nitrogens with zero attached hydrogens (tertiary/aromatic N) is 1. The Balaban J connectivity index is 2.25. The van der Waals surface area contributed by atoms with Gasteiger partial charge in [-0.1, -0.05) is 18.2 Å². The van der Waals surface area contributed by atoms with Crippen molar-refractivity contribution in [2.45, 2.75) is 13.8 Å². The van der Waals surface area contributed by atoms with Crippen molar-refractivity contribution >= 4 is 29.0 Å². The van der Waals surface area contributed by atoms with E-state index in [-0.39, 0.29) is 11.5 Å². The molecule has 2 rings (SSSR count). The number of hydrogen-bond donors (Lipinski definition) is 1. The molecule has 100 valence electrons. The number of nitriles is 1. The average molecular weight is 282 g/mol. The molecule has 1 aromatic carbocycles. The molecule has 0 radical (unpaired) electrons. The van der Waals surface area contributed by atoms with Gasteiger partial charge in [-0.2, -0.15) is 16.6 Å². The molecule has 0 saturated carbocycles. The number of hydrogen-bond acceptors (Lipinski definition) is 3. The molecular weight excluding hydrogens is 268 g/mol. The molecule has 0 saturated heterocycles. The van der Waals surface area contributed by atoms with E-state index in [2.05, 4.69) is 5.32 Å². The van der Waals surface area contributed by atoms with Crippen molar-refractivity contribution < 1.29 is 4.79 Å². The lowest BCUT2D eigenvalue weighted by Gasteiger charge is -2.10. The van der Waals surface area contributed by atoms with Crippen LogP contribution in [0.4, 0.5) is 5.69 Å². The zero-order valence-electron chi connectivity index (χ0n) is 11.3. The molecule has 0 aliphatic carbocycles. The predicted molar refractivity (Wildman–Crippen MR) is 82.5 cm³/mol. The molecule has 1 amide bonds. The summed E-state index contributed by atoms with van der Waals surface area (Å²) in [4.78, 5) is 12.2. The lowest BCUT2D eigenvalue weighted by molar-refractivity contribution is -0.112. The Labute approximate surface area is 122 Å². The van der Waals surface area contributed by atoms with Gasteiger partial charge in [0.2, 0.25) is 0 Å². The van der Waals surface area contributed by atoms with Gasteiger partial charge in [-0.3, -0.25) is 4.79 Å². The second kappa shape index (κ2) is 6.18. The van der Waals surface area contributed by atoms with Gasteiger partial charge < -0.3 is 5.32 Å². The Morgan fingerprint density at radius 1 is 1.30 bits per heavy atom. The molecule has 2 aromatic rings. The highest BCUT2D eigenvalue weighted by Crippen LogP contribution is 2.20. The predicted octanol–water partition coefficient (Wildman–Crippen LogP) is 3.91. The Kier molecular flexibility index (Phi) is 4.34. The van der Waals surface area contributed by atoms with Gasteiger partial charge in [-0.15, -0.1) is 0 Å². The van der Waals surface area contributed by atoms with E-state index in [1.165, 1.54) is 11.3 Å². The van der Waals surface area contributed by atoms with Crippen LogP contribution >= 0.6 is 11.3 Å². The van der Waals surface area contributed by atoms with E-state index < -0.39 is 0 Å². The van der Waals surface area contributed by atoms with Crippen LogP contribution in [0.2, 0.25) is 0 Å². The number of thiophene rings is 1. The zero-order chi connectivity index (χ0) is 14.5. The fourth-order valence-electron chi connectivity index (χ4n) is 1.86. The summed E-state index contributed by atoms with van der Waals surface area (Å²) in [7, 11) is 0. The van der Waals surface area contributed by atoms with Crippen LogP contribution in [0.3, 0.4) is 0 Å². The van der Waals surface area contributed by atoms with Gasteiger partial charge in [0.25, 0.3) is 5.91 Å². The Bertz CT molecular complexity index is 674. The maximum Gasteiger partial charge on any atom is 0.266 e. The van der Waals surface area contributed by atoms with Gasteiger partial charge in [-0.25, -0.2) is 0 Å². The summed E-state index contributed by atoms with van der Waals surface area (Å²) in [6.07, 6.45) is 1.60. The first kappa shape index (κ1) is 14.0. The van der Waals surface area contributed by atoms with E-state index in [0.717, 1.165) is 22.4 Å². The van der Waals surface area contributed by atoms with Crippen molar-refractivity contribution in [3.63, 3.8) is 0 Å². The summed E-state index contributed by atoms with van der Waals surface area (Å²) in [5, 5.41) is 15.8. The Hall–Kier alpha value is -2.38. The SMILES string of the molecule is Cc1cccc(C)c1NC(=O)C(C#N)=Cc1ccsc1. The molecule has 20 heavy (non-hydrogen) atoms. The van der Waals surface area contributed by atoms with Gasteiger partial charge in [0, 0.05) is 5.69 Å². The number of amides is 1. The highest BCUT2D eigenvalue weighted by atomic mass is 32.1. The summed E-state index contributed by atoms with van der Waals surface area (Å²) in [5.41, 5.74) is 3.69. The number of nitrogens with one attached hydrogen (secondary N) is 1. The van der Waals surface area contributed by atoms with E-state index in [1.807, 2.05) is 54.9 Å². The van der Waals surface area contributed by atoms with Gasteiger partial charge in [0.1, 0.15) is 11.6 Å². The van der Waals surface area contributed by atoms with E-state index in [1.54, 1.807) is 6.08 Å². The first-order chi connectivity index (χ1) is 9.61. The number of para-hydroxylation sites is 1. The number of aryl methyl sites for hydroxylation is 2. The second-order valence-electron chi connectivity index (χ2n) is 4.45. The molecular formula is C16H14N2OS. The molecule has 1 N–H and O–H groups in total. The van der Waals surface area contributed by atoms with E-state index >= 15 is 0 Å². The van der Waals surface area contributed by atoms with Crippen LogP contribution in [0, 0.1) is 25.2 Å². The van der Waals surface area contributed by atoms with E-state index in [0.29, 0.717) is 0 Å². The molecule has 0 fully saturated rings. The fourth-order valence-corrected chi connectivity index (χ4v) is 2.48. The monoisotopic (exact) mass is 282 g/mol. The first-order valence-electron chi connectivity index (χ1n) is 6.13. The summed E-state index contributed by atoms with van der Waals surface area (Å²) < 4.78 is 0. The van der Waals surface area contributed by atoms with Gasteiger partial charge >= 0.3 is 0 Å². The topological polar surface area (TPSA) is 52.9 Å². The second-order valence-corrected chi connectivity index (χ2v) is 5.23. The average Bonchev–Trinajstić information content (AvgIpc) is 2.93. The number of carbonyl (C=O) groups excluding carboxylic acids is 1. The fraction of sp³-hybridized carbons (Fsp3) is 0.125. The summed E-state index contributed by atoms with van der Waals surface area (Å²) in [5.74, 6) is -0.379. The molecule has 4 heteroatoms. The number of rotatable bonds is 3. The van der Waals surface area contributed by atoms with Crippen LogP contribution in [0.15, 0.2) is 40.6 Å². The van der Waals surface area contributed by atoms with Gasteiger partial charge in [0.15, 0.2) is 0 Å². The van der Waals surface area contributed by atoms with Crippen LogP contribution in [0.1, 0.15) is 16.7 Å². The van der Waals surface area contributed by atoms with Crippen molar-refractivity contribution in [2.75, 3.05) is 5.32 Å². The van der Waals surface area contributed by atoms with Crippen LogP contribution in [-0.4, -0.2) is 5.91 Å². The van der Waals surface area contributed by atoms with Gasteiger partial charge in [0.05, 0.1) is 0 Å². The lowest BCUT2D eigenvalue weighted by Crippen LogP contribution is -2.15. The molecule has 0 bridgehead atoms. The lowest BCUT2D eigenvalue weighted by atomic mass is 10.1. The maximum absolute atomic E-state index is 12.2. The summed E-state index contributed by atoms with van der Waals surface area (Å²) >= 11 is 1.53. The third kappa shape index (κ3) is 3.14. The molecule has 1 heterocycles.